The van der Waals surface area contributed by atoms with Crippen LogP contribution in [-0.2, 0) is 14.0 Å². The standard InChI is InChI=1S/C18H26BNO4/c1-17(2)18(3,4)24-19(23-17)14-10-13(16(21)22-5)11-15(12-14)20-8-6-7-9-20/h10-12H,6-9H2,1-5H3. The summed E-state index contributed by atoms with van der Waals surface area (Å²) < 4.78 is 17.2. The second kappa shape index (κ2) is 6.08. The molecule has 2 saturated heterocycles. The largest absolute Gasteiger partial charge is 0.494 e. The molecule has 6 heteroatoms. The molecule has 0 aromatic heterocycles. The maximum absolute atomic E-state index is 12.1. The van der Waals surface area contributed by atoms with Gasteiger partial charge in [-0.05, 0) is 64.2 Å². The van der Waals surface area contributed by atoms with Crippen LogP contribution in [0.4, 0.5) is 5.69 Å². The zero-order valence-corrected chi connectivity index (χ0v) is 15.2. The first kappa shape index (κ1) is 17.3. The molecule has 3 rings (SSSR count). The van der Waals surface area contributed by atoms with Gasteiger partial charge in [0.2, 0.25) is 0 Å². The van der Waals surface area contributed by atoms with Gasteiger partial charge in [-0.15, -0.1) is 0 Å². The summed E-state index contributed by atoms with van der Waals surface area (Å²) in [6.07, 6.45) is 2.35. The number of methoxy groups -OCH3 is 1. The molecule has 0 atom stereocenters. The molecule has 0 amide bonds. The minimum Gasteiger partial charge on any atom is -0.465 e. The first-order chi connectivity index (χ1) is 11.2. The van der Waals surface area contributed by atoms with Crippen LogP contribution in [0.3, 0.4) is 0 Å². The van der Waals surface area contributed by atoms with Crippen molar-refractivity contribution in [2.75, 3.05) is 25.1 Å². The van der Waals surface area contributed by atoms with Crippen molar-refractivity contribution in [1.29, 1.82) is 0 Å². The van der Waals surface area contributed by atoms with Crippen LogP contribution in [0.2, 0.25) is 0 Å². The minimum absolute atomic E-state index is 0.339. The van der Waals surface area contributed by atoms with Gasteiger partial charge in [0.05, 0.1) is 23.9 Å². The summed E-state index contributed by atoms with van der Waals surface area (Å²) in [6, 6.07) is 5.78. The van der Waals surface area contributed by atoms with Crippen molar-refractivity contribution in [3.05, 3.63) is 23.8 Å². The molecule has 0 aliphatic carbocycles. The Labute approximate surface area is 144 Å². The van der Waals surface area contributed by atoms with Crippen LogP contribution in [-0.4, -0.2) is 44.5 Å². The van der Waals surface area contributed by atoms with Crippen LogP contribution >= 0.6 is 0 Å². The van der Waals surface area contributed by atoms with E-state index in [0.717, 1.165) is 24.2 Å². The van der Waals surface area contributed by atoms with Gasteiger partial charge in [-0.1, -0.05) is 0 Å². The average molecular weight is 331 g/mol. The molecule has 0 bridgehead atoms. The zero-order valence-electron chi connectivity index (χ0n) is 15.2. The molecule has 0 N–H and O–H groups in total. The van der Waals surface area contributed by atoms with E-state index in [-0.39, 0.29) is 5.97 Å². The highest BCUT2D eigenvalue weighted by Crippen LogP contribution is 2.36. The van der Waals surface area contributed by atoms with Crippen molar-refractivity contribution in [3.63, 3.8) is 0 Å². The summed E-state index contributed by atoms with van der Waals surface area (Å²) in [7, 11) is 0.917. The smallest absolute Gasteiger partial charge is 0.465 e. The third-order valence-electron chi connectivity index (χ3n) is 5.36. The third kappa shape index (κ3) is 3.05. The van der Waals surface area contributed by atoms with Gasteiger partial charge in [0, 0.05) is 18.8 Å². The van der Waals surface area contributed by atoms with Gasteiger partial charge in [0.15, 0.2) is 0 Å². The normalized spacial score (nSPS) is 22.0. The molecule has 5 nitrogen and oxygen atoms in total. The van der Waals surface area contributed by atoms with Gasteiger partial charge in [0.1, 0.15) is 0 Å². The Morgan fingerprint density at radius 2 is 1.67 bits per heavy atom. The molecule has 130 valence electrons. The van der Waals surface area contributed by atoms with Gasteiger partial charge in [0.25, 0.3) is 0 Å². The van der Waals surface area contributed by atoms with E-state index < -0.39 is 18.3 Å². The molecular weight excluding hydrogens is 305 g/mol. The lowest BCUT2D eigenvalue weighted by molar-refractivity contribution is 0.00578. The predicted octanol–water partition coefficient (Wildman–Crippen LogP) is 2.37. The van der Waals surface area contributed by atoms with E-state index in [1.165, 1.54) is 20.0 Å². The molecule has 24 heavy (non-hydrogen) atoms. The maximum atomic E-state index is 12.1. The lowest BCUT2D eigenvalue weighted by Crippen LogP contribution is -2.41. The number of benzene rings is 1. The van der Waals surface area contributed by atoms with Crippen molar-refractivity contribution in [3.8, 4) is 0 Å². The first-order valence-electron chi connectivity index (χ1n) is 8.57. The Balaban J connectivity index is 1.98. The van der Waals surface area contributed by atoms with Gasteiger partial charge >= 0.3 is 13.1 Å². The van der Waals surface area contributed by atoms with E-state index >= 15 is 0 Å². The molecule has 1 aromatic rings. The fraction of sp³-hybridized carbons (Fsp3) is 0.611. The summed E-state index contributed by atoms with van der Waals surface area (Å²) in [5.41, 5.74) is 1.60. The minimum atomic E-state index is -0.485. The van der Waals surface area contributed by atoms with Crippen molar-refractivity contribution in [1.82, 2.24) is 0 Å². The van der Waals surface area contributed by atoms with Gasteiger partial charge in [-0.25, -0.2) is 4.79 Å². The summed E-state index contributed by atoms with van der Waals surface area (Å²) >= 11 is 0. The Morgan fingerprint density at radius 3 is 2.21 bits per heavy atom. The first-order valence-corrected chi connectivity index (χ1v) is 8.57. The van der Waals surface area contributed by atoms with Crippen molar-refractivity contribution in [2.45, 2.75) is 51.7 Å². The monoisotopic (exact) mass is 331 g/mol. The summed E-state index contributed by atoms with van der Waals surface area (Å²) in [6.45, 7) is 10.1. The summed E-state index contributed by atoms with van der Waals surface area (Å²) in [4.78, 5) is 14.4. The number of nitrogens with zero attached hydrogens (tertiary/aromatic N) is 1. The number of hydrogen-bond donors (Lipinski definition) is 0. The van der Waals surface area contributed by atoms with Crippen molar-refractivity contribution < 1.29 is 18.8 Å². The molecular formula is C18H26BNO4. The number of carbonyl (C=O) groups excluding carboxylic acids is 1. The van der Waals surface area contributed by atoms with E-state index in [4.69, 9.17) is 14.0 Å². The highest BCUT2D eigenvalue weighted by atomic mass is 16.7. The molecule has 2 fully saturated rings. The molecule has 2 heterocycles. The summed E-state index contributed by atoms with van der Waals surface area (Å²) in [5.74, 6) is -0.339. The van der Waals surface area contributed by atoms with Crippen molar-refractivity contribution in [2.24, 2.45) is 0 Å². The maximum Gasteiger partial charge on any atom is 0.494 e. The van der Waals surface area contributed by atoms with Crippen LogP contribution in [0.5, 0.6) is 0 Å². The summed E-state index contributed by atoms with van der Waals surface area (Å²) in [5, 5.41) is 0. The number of rotatable bonds is 3. The second-order valence-electron chi connectivity index (χ2n) is 7.59. The Kier molecular flexibility index (Phi) is 4.38. The SMILES string of the molecule is COC(=O)c1cc(B2OC(C)(C)C(C)(C)O2)cc(N2CCCC2)c1. The highest BCUT2D eigenvalue weighted by Gasteiger charge is 2.51. The van der Waals surface area contributed by atoms with Crippen LogP contribution < -0.4 is 10.4 Å². The third-order valence-corrected chi connectivity index (χ3v) is 5.36. The molecule has 0 spiro atoms. The highest BCUT2D eigenvalue weighted by molar-refractivity contribution is 6.62. The Morgan fingerprint density at radius 1 is 1.08 bits per heavy atom. The molecule has 0 saturated carbocycles. The molecule has 2 aliphatic rings. The number of ether oxygens (including phenoxy) is 1. The second-order valence-corrected chi connectivity index (χ2v) is 7.59. The average Bonchev–Trinajstić information content (AvgIpc) is 3.13. The van der Waals surface area contributed by atoms with Gasteiger partial charge < -0.3 is 18.9 Å². The van der Waals surface area contributed by atoms with E-state index in [2.05, 4.69) is 11.0 Å². The van der Waals surface area contributed by atoms with Crippen LogP contribution in [0.25, 0.3) is 0 Å². The lowest BCUT2D eigenvalue weighted by atomic mass is 9.78. The number of anilines is 1. The zero-order chi connectivity index (χ0) is 17.5. The van der Waals surface area contributed by atoms with E-state index in [1.807, 2.05) is 39.8 Å². The quantitative estimate of drug-likeness (QED) is 0.629. The van der Waals surface area contributed by atoms with Gasteiger partial charge in [-0.3, -0.25) is 0 Å². The number of carbonyl (C=O) groups is 1. The number of esters is 1. The molecule has 0 radical (unpaired) electrons. The van der Waals surface area contributed by atoms with Crippen LogP contribution in [0.1, 0.15) is 50.9 Å². The number of hydrogen-bond acceptors (Lipinski definition) is 5. The predicted molar refractivity (Wildman–Crippen MR) is 94.9 cm³/mol. The Bertz CT molecular complexity index is 622. The Hall–Kier alpha value is -1.53. The molecule has 1 aromatic carbocycles. The van der Waals surface area contributed by atoms with E-state index in [9.17, 15) is 4.79 Å². The van der Waals surface area contributed by atoms with Crippen LogP contribution in [0, 0.1) is 0 Å². The van der Waals surface area contributed by atoms with Gasteiger partial charge in [-0.2, -0.15) is 0 Å². The fourth-order valence-electron chi connectivity index (χ4n) is 3.14. The van der Waals surface area contributed by atoms with Crippen molar-refractivity contribution >= 4 is 24.2 Å². The topological polar surface area (TPSA) is 48.0 Å². The molecule has 0 unspecified atom stereocenters. The lowest BCUT2D eigenvalue weighted by Gasteiger charge is -2.32. The molecule has 2 aliphatic heterocycles. The van der Waals surface area contributed by atoms with E-state index in [0.29, 0.717) is 5.56 Å². The van der Waals surface area contributed by atoms with Crippen LogP contribution in [0.15, 0.2) is 18.2 Å². The van der Waals surface area contributed by atoms with E-state index in [1.54, 1.807) is 0 Å². The fourth-order valence-corrected chi connectivity index (χ4v) is 3.14.